The number of halogens is 3. The van der Waals surface area contributed by atoms with Crippen LogP contribution in [0.1, 0.15) is 0 Å². The molecule has 0 unspecified atom stereocenters. The summed E-state index contributed by atoms with van der Waals surface area (Å²) in [6, 6.07) is 6.18. The van der Waals surface area contributed by atoms with Crippen molar-refractivity contribution in [1.29, 1.82) is 0 Å². The van der Waals surface area contributed by atoms with Gasteiger partial charge in [-0.2, -0.15) is 13.2 Å². The predicted molar refractivity (Wildman–Crippen MR) is 54.5 cm³/mol. The summed E-state index contributed by atoms with van der Waals surface area (Å²) in [4.78, 5) is 12.2. The highest BCUT2D eigenvalue weighted by Gasteiger charge is 2.49. The number of benzene rings is 1. The Bertz CT molecular complexity index is 447. The zero-order valence-electron chi connectivity index (χ0n) is 8.57. The number of anilines is 2. The minimum atomic E-state index is -4.56. The van der Waals surface area contributed by atoms with E-state index in [1.54, 1.807) is 12.1 Å². The molecular formula is C10H9F3N2O2. The summed E-state index contributed by atoms with van der Waals surface area (Å²) in [6.45, 7) is -0.573. The first-order valence-electron chi connectivity index (χ1n) is 4.79. The Kier molecular flexibility index (Phi) is 2.60. The molecule has 92 valence electrons. The summed E-state index contributed by atoms with van der Waals surface area (Å²) in [7, 11) is 0. The quantitative estimate of drug-likeness (QED) is 0.772. The number of cyclic esters (lactones) is 1. The number of nitrogens with zero attached hydrogens (tertiary/aromatic N) is 1. The predicted octanol–water partition coefficient (Wildman–Crippen LogP) is 2.16. The van der Waals surface area contributed by atoms with Gasteiger partial charge in [0.2, 0.25) is 6.10 Å². The summed E-state index contributed by atoms with van der Waals surface area (Å²) in [5.74, 6) is 0. The van der Waals surface area contributed by atoms with Crippen LogP contribution < -0.4 is 10.6 Å². The van der Waals surface area contributed by atoms with Gasteiger partial charge >= 0.3 is 12.3 Å². The van der Waals surface area contributed by atoms with Crippen LogP contribution in [0.2, 0.25) is 0 Å². The standard InChI is InChI=1S/C10H9F3N2O2/c11-10(12,13)8-5-15(9(16)17-8)7-4-2-1-3-6(7)14/h1-4,8H,5,14H2/t8-/m1/s1. The molecule has 1 fully saturated rings. The van der Waals surface area contributed by atoms with Gasteiger partial charge in [-0.3, -0.25) is 4.90 Å². The molecule has 0 spiro atoms. The van der Waals surface area contributed by atoms with E-state index >= 15 is 0 Å². The second kappa shape index (κ2) is 3.83. The van der Waals surface area contributed by atoms with Crippen molar-refractivity contribution in [3.63, 3.8) is 0 Å². The van der Waals surface area contributed by atoms with Gasteiger partial charge in [-0.25, -0.2) is 4.79 Å². The number of para-hydroxylation sites is 2. The van der Waals surface area contributed by atoms with Crippen LogP contribution in [-0.4, -0.2) is 24.9 Å². The first-order valence-corrected chi connectivity index (χ1v) is 4.79. The number of nitrogens with two attached hydrogens (primary N) is 1. The third-order valence-electron chi connectivity index (χ3n) is 2.40. The Morgan fingerprint density at radius 2 is 2.00 bits per heavy atom. The average molecular weight is 246 g/mol. The van der Waals surface area contributed by atoms with Crippen LogP contribution in [0.25, 0.3) is 0 Å². The fourth-order valence-corrected chi connectivity index (χ4v) is 1.56. The van der Waals surface area contributed by atoms with Crippen LogP contribution in [0.4, 0.5) is 29.3 Å². The first-order chi connectivity index (χ1) is 7.89. The van der Waals surface area contributed by atoms with Crippen molar-refractivity contribution in [2.45, 2.75) is 12.3 Å². The lowest BCUT2D eigenvalue weighted by Gasteiger charge is -2.15. The Morgan fingerprint density at radius 3 is 2.53 bits per heavy atom. The topological polar surface area (TPSA) is 55.6 Å². The molecule has 1 aromatic carbocycles. The smallest absolute Gasteiger partial charge is 0.427 e. The van der Waals surface area contributed by atoms with Gasteiger partial charge < -0.3 is 10.5 Å². The average Bonchev–Trinajstić information content (AvgIpc) is 2.61. The van der Waals surface area contributed by atoms with E-state index in [9.17, 15) is 18.0 Å². The van der Waals surface area contributed by atoms with E-state index in [-0.39, 0.29) is 11.4 Å². The SMILES string of the molecule is Nc1ccccc1N1C[C@H](C(F)(F)F)OC1=O. The van der Waals surface area contributed by atoms with Crippen LogP contribution in [0, 0.1) is 0 Å². The van der Waals surface area contributed by atoms with Crippen molar-refractivity contribution < 1.29 is 22.7 Å². The van der Waals surface area contributed by atoms with Gasteiger partial charge in [-0.1, -0.05) is 12.1 Å². The van der Waals surface area contributed by atoms with Gasteiger partial charge in [0.25, 0.3) is 0 Å². The molecule has 0 radical (unpaired) electrons. The molecule has 2 N–H and O–H groups in total. The van der Waals surface area contributed by atoms with Gasteiger partial charge in [0.05, 0.1) is 17.9 Å². The summed E-state index contributed by atoms with van der Waals surface area (Å²) in [5.41, 5.74) is 6.04. The van der Waals surface area contributed by atoms with E-state index < -0.39 is 24.9 Å². The molecule has 1 atom stereocenters. The third kappa shape index (κ3) is 2.13. The molecule has 4 nitrogen and oxygen atoms in total. The highest BCUT2D eigenvalue weighted by molar-refractivity contribution is 5.93. The Morgan fingerprint density at radius 1 is 1.35 bits per heavy atom. The van der Waals surface area contributed by atoms with Crippen molar-refractivity contribution in [2.75, 3.05) is 17.2 Å². The number of alkyl halides is 3. The number of hydrogen-bond donors (Lipinski definition) is 1. The highest BCUT2D eigenvalue weighted by atomic mass is 19.4. The lowest BCUT2D eigenvalue weighted by atomic mass is 10.2. The van der Waals surface area contributed by atoms with Crippen LogP contribution >= 0.6 is 0 Å². The molecule has 1 heterocycles. The largest absolute Gasteiger partial charge is 0.434 e. The molecule has 1 amide bonds. The summed E-state index contributed by atoms with van der Waals surface area (Å²) in [5, 5.41) is 0. The molecule has 0 saturated carbocycles. The van der Waals surface area contributed by atoms with Gasteiger partial charge in [-0.05, 0) is 12.1 Å². The number of hydrogen-bond acceptors (Lipinski definition) is 3. The molecule has 1 aliphatic heterocycles. The highest BCUT2D eigenvalue weighted by Crippen LogP contribution is 2.33. The summed E-state index contributed by atoms with van der Waals surface area (Å²) in [6.07, 6.45) is -7.70. The van der Waals surface area contributed by atoms with Crippen LogP contribution in [0.5, 0.6) is 0 Å². The van der Waals surface area contributed by atoms with Gasteiger partial charge in [-0.15, -0.1) is 0 Å². The van der Waals surface area contributed by atoms with E-state index in [1.165, 1.54) is 12.1 Å². The molecule has 2 rings (SSSR count). The maximum Gasteiger partial charge on any atom is 0.427 e. The number of nitrogen functional groups attached to an aromatic ring is 1. The van der Waals surface area contributed by atoms with Gasteiger partial charge in [0.15, 0.2) is 0 Å². The van der Waals surface area contributed by atoms with E-state index in [1.807, 2.05) is 0 Å². The fourth-order valence-electron chi connectivity index (χ4n) is 1.56. The van der Waals surface area contributed by atoms with Crippen LogP contribution in [-0.2, 0) is 4.74 Å². The lowest BCUT2D eigenvalue weighted by Crippen LogP contribution is -2.33. The minimum Gasteiger partial charge on any atom is -0.434 e. The number of rotatable bonds is 1. The molecule has 7 heteroatoms. The molecule has 0 aromatic heterocycles. The van der Waals surface area contributed by atoms with E-state index in [4.69, 9.17) is 5.73 Å². The number of ether oxygens (including phenoxy) is 1. The van der Waals surface area contributed by atoms with Crippen molar-refractivity contribution in [3.8, 4) is 0 Å². The molecule has 0 aliphatic carbocycles. The van der Waals surface area contributed by atoms with Crippen LogP contribution in [0.15, 0.2) is 24.3 Å². The summed E-state index contributed by atoms with van der Waals surface area (Å²) >= 11 is 0. The first kappa shape index (κ1) is 11.6. The zero-order chi connectivity index (χ0) is 12.6. The van der Waals surface area contributed by atoms with E-state index in [2.05, 4.69) is 4.74 Å². The van der Waals surface area contributed by atoms with E-state index in [0.29, 0.717) is 0 Å². The number of carbonyl (C=O) groups is 1. The van der Waals surface area contributed by atoms with Crippen molar-refractivity contribution in [2.24, 2.45) is 0 Å². The molecule has 1 aromatic rings. The van der Waals surface area contributed by atoms with Crippen molar-refractivity contribution in [3.05, 3.63) is 24.3 Å². The lowest BCUT2D eigenvalue weighted by molar-refractivity contribution is -0.191. The summed E-state index contributed by atoms with van der Waals surface area (Å²) < 4.78 is 41.4. The molecular weight excluding hydrogens is 237 g/mol. The Balaban J connectivity index is 2.25. The fraction of sp³-hybridized carbons (Fsp3) is 0.300. The normalized spacial score (nSPS) is 20.5. The molecule has 17 heavy (non-hydrogen) atoms. The van der Waals surface area contributed by atoms with E-state index in [0.717, 1.165) is 4.90 Å². The molecule has 1 saturated heterocycles. The van der Waals surface area contributed by atoms with Crippen LogP contribution in [0.3, 0.4) is 0 Å². The minimum absolute atomic E-state index is 0.226. The molecule has 1 aliphatic rings. The maximum atomic E-state index is 12.4. The number of amides is 1. The monoisotopic (exact) mass is 246 g/mol. The Labute approximate surface area is 94.8 Å². The zero-order valence-corrected chi connectivity index (χ0v) is 8.57. The van der Waals surface area contributed by atoms with Crippen molar-refractivity contribution >= 4 is 17.5 Å². The second-order valence-corrected chi connectivity index (χ2v) is 3.58. The number of carbonyl (C=O) groups excluding carboxylic acids is 1. The second-order valence-electron chi connectivity index (χ2n) is 3.58. The molecule has 0 bridgehead atoms. The van der Waals surface area contributed by atoms with Gasteiger partial charge in [0, 0.05) is 0 Å². The Hall–Kier alpha value is -1.92. The maximum absolute atomic E-state index is 12.4. The van der Waals surface area contributed by atoms with Gasteiger partial charge in [0.1, 0.15) is 0 Å². The third-order valence-corrected chi connectivity index (χ3v) is 2.40. The van der Waals surface area contributed by atoms with Crippen molar-refractivity contribution in [1.82, 2.24) is 0 Å².